The monoisotopic (exact) mass is 470 g/mol. The summed E-state index contributed by atoms with van der Waals surface area (Å²) in [7, 11) is 0. The summed E-state index contributed by atoms with van der Waals surface area (Å²) >= 11 is 0. The zero-order valence-corrected chi connectivity index (χ0v) is 23.8. The maximum absolute atomic E-state index is 2.64. The topological polar surface area (TPSA) is 0 Å². The lowest BCUT2D eigenvalue weighted by molar-refractivity contribution is -0.0432. The highest BCUT2D eigenvalue weighted by atomic mass is 14.6. The second-order valence-electron chi connectivity index (χ2n) is 14.1. The minimum Gasteiger partial charge on any atom is -0.0654 e. The minimum absolute atomic E-state index is 1.01. The summed E-state index contributed by atoms with van der Waals surface area (Å²) in [6.45, 7) is 7.45. The van der Waals surface area contributed by atoms with E-state index in [1.54, 1.807) is 77.0 Å². The first-order valence-corrected chi connectivity index (χ1v) is 16.7. The van der Waals surface area contributed by atoms with Crippen LogP contribution in [0.25, 0.3) is 0 Å². The van der Waals surface area contributed by atoms with Crippen molar-refractivity contribution in [2.75, 3.05) is 0 Å². The lowest BCUT2D eigenvalue weighted by atomic mass is 9.52. The van der Waals surface area contributed by atoms with Gasteiger partial charge in [0.2, 0.25) is 0 Å². The maximum atomic E-state index is 2.64. The van der Waals surface area contributed by atoms with Gasteiger partial charge in [0.25, 0.3) is 0 Å². The van der Waals surface area contributed by atoms with Gasteiger partial charge in [0.15, 0.2) is 0 Å². The first-order valence-electron chi connectivity index (χ1n) is 16.7. The molecule has 0 spiro atoms. The van der Waals surface area contributed by atoms with Gasteiger partial charge >= 0.3 is 0 Å². The van der Waals surface area contributed by atoms with Crippen LogP contribution < -0.4 is 0 Å². The SMILES string of the molecule is CC1CCCCCCCC1.CCCCC1C(C)CC2CCCC2C1C1CCCC2CCCCC21. The van der Waals surface area contributed by atoms with Gasteiger partial charge in [-0.1, -0.05) is 130 Å². The van der Waals surface area contributed by atoms with Crippen molar-refractivity contribution in [1.29, 1.82) is 0 Å². The number of fused-ring (bicyclic) bond motifs is 2. The van der Waals surface area contributed by atoms with Crippen LogP contribution in [-0.2, 0) is 0 Å². The third-order valence-corrected chi connectivity index (χ3v) is 11.8. The number of unbranched alkanes of at least 4 members (excludes halogenated alkanes) is 1. The average molecular weight is 471 g/mol. The molecule has 0 N–H and O–H groups in total. The second-order valence-corrected chi connectivity index (χ2v) is 14.1. The highest BCUT2D eigenvalue weighted by Crippen LogP contribution is 2.58. The Morgan fingerprint density at radius 3 is 1.82 bits per heavy atom. The maximum Gasteiger partial charge on any atom is -0.0321 e. The first-order chi connectivity index (χ1) is 16.7. The first kappa shape index (κ1) is 27.0. The van der Waals surface area contributed by atoms with Crippen LogP contribution in [0.5, 0.6) is 0 Å². The van der Waals surface area contributed by atoms with E-state index in [9.17, 15) is 0 Å². The standard InChI is InChI=1S/C24H42.C10H20/c1-3-4-12-20-17(2)16-19-11-8-14-22(19)24(20)23-15-7-10-18-9-5-6-13-21(18)23;1-10-8-6-4-2-3-5-7-9-10/h17-24H,3-16H2,1-2H3;10H,2-9H2,1H3. The fourth-order valence-electron chi connectivity index (χ4n) is 10.1. The van der Waals surface area contributed by atoms with Crippen molar-refractivity contribution in [1.82, 2.24) is 0 Å². The Labute approximate surface area is 215 Å². The molecular weight excluding hydrogens is 408 g/mol. The van der Waals surface area contributed by atoms with E-state index < -0.39 is 0 Å². The van der Waals surface area contributed by atoms with Crippen molar-refractivity contribution in [3.8, 4) is 0 Å². The fraction of sp³-hybridized carbons (Fsp3) is 1.00. The quantitative estimate of drug-likeness (QED) is 0.383. The molecule has 0 heteroatoms. The van der Waals surface area contributed by atoms with Gasteiger partial charge in [-0.25, -0.2) is 0 Å². The van der Waals surface area contributed by atoms with Crippen molar-refractivity contribution >= 4 is 0 Å². The Kier molecular flexibility index (Phi) is 11.2. The summed E-state index contributed by atoms with van der Waals surface area (Å²) in [6.07, 6.45) is 33.7. The molecular formula is C34H62. The molecule has 5 fully saturated rings. The summed E-state index contributed by atoms with van der Waals surface area (Å²) in [5, 5.41) is 0. The summed E-state index contributed by atoms with van der Waals surface area (Å²) in [5.74, 6) is 9.87. The molecule has 0 aromatic rings. The molecule has 198 valence electrons. The Hall–Kier alpha value is 0. The molecule has 0 radical (unpaired) electrons. The average Bonchev–Trinajstić information content (AvgIpc) is 3.35. The molecule has 8 atom stereocenters. The van der Waals surface area contributed by atoms with Gasteiger partial charge in [-0.15, -0.1) is 0 Å². The smallest absolute Gasteiger partial charge is 0.0321 e. The second kappa shape index (κ2) is 14.1. The van der Waals surface area contributed by atoms with Crippen LogP contribution in [-0.4, -0.2) is 0 Å². The van der Waals surface area contributed by atoms with Crippen LogP contribution in [0.2, 0.25) is 0 Å². The van der Waals surface area contributed by atoms with E-state index in [1.807, 2.05) is 0 Å². The summed E-state index contributed by atoms with van der Waals surface area (Å²) in [5.41, 5.74) is 0. The van der Waals surface area contributed by atoms with Gasteiger partial charge in [-0.3, -0.25) is 0 Å². The van der Waals surface area contributed by atoms with Crippen LogP contribution in [0.4, 0.5) is 0 Å². The molecule has 0 nitrogen and oxygen atoms in total. The van der Waals surface area contributed by atoms with Crippen molar-refractivity contribution in [2.24, 2.45) is 53.3 Å². The number of rotatable bonds is 4. The molecule has 5 saturated carbocycles. The molecule has 0 bridgehead atoms. The summed E-state index contributed by atoms with van der Waals surface area (Å²) in [6, 6.07) is 0. The molecule has 5 rings (SSSR count). The lowest BCUT2D eigenvalue weighted by Gasteiger charge is -2.53. The van der Waals surface area contributed by atoms with Gasteiger partial charge in [0, 0.05) is 0 Å². The third-order valence-electron chi connectivity index (χ3n) is 11.8. The molecule has 0 saturated heterocycles. The molecule has 5 aliphatic rings. The molecule has 0 aromatic heterocycles. The van der Waals surface area contributed by atoms with E-state index in [-0.39, 0.29) is 0 Å². The van der Waals surface area contributed by atoms with Gasteiger partial charge in [-0.2, -0.15) is 0 Å². The zero-order chi connectivity index (χ0) is 23.8. The molecule has 5 aliphatic carbocycles. The Morgan fingerprint density at radius 1 is 0.529 bits per heavy atom. The normalized spacial score (nSPS) is 41.7. The van der Waals surface area contributed by atoms with Crippen LogP contribution >= 0.6 is 0 Å². The van der Waals surface area contributed by atoms with Gasteiger partial charge in [0.05, 0.1) is 0 Å². The predicted molar refractivity (Wildman–Crippen MR) is 150 cm³/mol. The highest BCUT2D eigenvalue weighted by molar-refractivity contribution is 4.99. The molecule has 34 heavy (non-hydrogen) atoms. The van der Waals surface area contributed by atoms with Gasteiger partial charge in [0.1, 0.15) is 0 Å². The molecule has 0 aliphatic heterocycles. The number of hydrogen-bond acceptors (Lipinski definition) is 0. The van der Waals surface area contributed by atoms with Crippen molar-refractivity contribution in [3.05, 3.63) is 0 Å². The van der Waals surface area contributed by atoms with Crippen LogP contribution in [0.1, 0.15) is 162 Å². The fourth-order valence-corrected chi connectivity index (χ4v) is 10.1. The predicted octanol–water partition coefficient (Wildman–Crippen LogP) is 11.2. The molecule has 0 aromatic carbocycles. The molecule has 0 amide bonds. The van der Waals surface area contributed by atoms with Crippen molar-refractivity contribution in [2.45, 2.75) is 162 Å². The largest absolute Gasteiger partial charge is 0.0654 e. The van der Waals surface area contributed by atoms with E-state index in [4.69, 9.17) is 0 Å². The third kappa shape index (κ3) is 7.06. The van der Waals surface area contributed by atoms with Crippen LogP contribution in [0.15, 0.2) is 0 Å². The van der Waals surface area contributed by atoms with Crippen molar-refractivity contribution in [3.63, 3.8) is 0 Å². The summed E-state index contributed by atoms with van der Waals surface area (Å²) in [4.78, 5) is 0. The van der Waals surface area contributed by atoms with E-state index in [2.05, 4.69) is 20.8 Å². The summed E-state index contributed by atoms with van der Waals surface area (Å²) < 4.78 is 0. The Bertz CT molecular complexity index is 538. The highest BCUT2D eigenvalue weighted by Gasteiger charge is 2.50. The van der Waals surface area contributed by atoms with Gasteiger partial charge in [-0.05, 0) is 85.4 Å². The van der Waals surface area contributed by atoms with E-state index in [0.717, 1.165) is 53.3 Å². The van der Waals surface area contributed by atoms with Gasteiger partial charge < -0.3 is 0 Å². The van der Waals surface area contributed by atoms with Crippen molar-refractivity contribution < 1.29 is 0 Å². The van der Waals surface area contributed by atoms with E-state index in [1.165, 1.54) is 64.2 Å². The van der Waals surface area contributed by atoms with E-state index >= 15 is 0 Å². The molecule has 0 heterocycles. The molecule has 8 unspecified atom stereocenters. The Balaban J connectivity index is 0.000000231. The van der Waals surface area contributed by atoms with Crippen LogP contribution in [0.3, 0.4) is 0 Å². The Morgan fingerprint density at radius 2 is 1.09 bits per heavy atom. The zero-order valence-electron chi connectivity index (χ0n) is 23.8. The minimum atomic E-state index is 1.01. The lowest BCUT2D eigenvalue weighted by Crippen LogP contribution is -2.46. The van der Waals surface area contributed by atoms with Crippen LogP contribution in [0, 0.1) is 53.3 Å². The number of hydrogen-bond donors (Lipinski definition) is 0. The van der Waals surface area contributed by atoms with E-state index in [0.29, 0.717) is 0 Å².